The van der Waals surface area contributed by atoms with Crippen LogP contribution in [0.15, 0.2) is 157 Å². The second kappa shape index (κ2) is 12.0. The monoisotopic (exact) mass is 599 g/mol. The van der Waals surface area contributed by atoms with Gasteiger partial charge in [0.2, 0.25) is 0 Å². The number of benzene rings is 5. The van der Waals surface area contributed by atoms with Crippen LogP contribution >= 0.6 is 0 Å². The highest BCUT2D eigenvalue weighted by molar-refractivity contribution is 6.46. The SMILES string of the molecule is Cc1ccc(N2C(=O)/C(=C\c3cc(-c4ccccc4)n(-c4ccccc4)c3-c3ccccc3)C(=O)N(c3ccccc3)C2=O)cc1. The molecule has 0 aliphatic carbocycles. The maximum atomic E-state index is 14.3. The van der Waals surface area contributed by atoms with E-state index in [0.29, 0.717) is 16.9 Å². The maximum Gasteiger partial charge on any atom is 0.343 e. The number of aromatic nitrogens is 1. The van der Waals surface area contributed by atoms with Crippen molar-refractivity contribution in [3.63, 3.8) is 0 Å². The molecule has 0 N–H and O–H groups in total. The van der Waals surface area contributed by atoms with Crippen LogP contribution < -0.4 is 9.80 Å². The summed E-state index contributed by atoms with van der Waals surface area (Å²) >= 11 is 0. The van der Waals surface area contributed by atoms with E-state index >= 15 is 0 Å². The summed E-state index contributed by atoms with van der Waals surface area (Å²) in [6.45, 7) is 1.93. The van der Waals surface area contributed by atoms with Crippen molar-refractivity contribution in [3.05, 3.63) is 168 Å². The topological polar surface area (TPSA) is 62.6 Å². The van der Waals surface area contributed by atoms with Gasteiger partial charge in [-0.25, -0.2) is 14.6 Å². The van der Waals surface area contributed by atoms with Crippen LogP contribution in [0.1, 0.15) is 11.1 Å². The molecule has 1 aromatic heterocycles. The van der Waals surface area contributed by atoms with Crippen LogP contribution in [0.5, 0.6) is 0 Å². The third-order valence-electron chi connectivity index (χ3n) is 8.02. The van der Waals surface area contributed by atoms with E-state index in [1.54, 1.807) is 42.5 Å². The lowest BCUT2D eigenvalue weighted by molar-refractivity contribution is -0.121. The standard InChI is InChI=1S/C40H29N3O3/c1-28-22-24-34(25-23-28)43-39(45)35(38(44)42(40(43)46)33-20-12-5-13-21-33)26-31-27-36(29-14-6-2-7-15-29)41(32-18-10-4-11-19-32)37(31)30-16-8-3-9-17-30/h2-27H,1H3/b35-26-. The van der Waals surface area contributed by atoms with Crippen LogP contribution in [0, 0.1) is 6.92 Å². The van der Waals surface area contributed by atoms with E-state index in [0.717, 1.165) is 43.6 Å². The number of amides is 4. The highest BCUT2D eigenvalue weighted by Crippen LogP contribution is 2.38. The fourth-order valence-electron chi connectivity index (χ4n) is 5.81. The summed E-state index contributed by atoms with van der Waals surface area (Å²) in [4.78, 5) is 44.6. The van der Waals surface area contributed by atoms with Gasteiger partial charge in [-0.3, -0.25) is 9.59 Å². The van der Waals surface area contributed by atoms with Gasteiger partial charge < -0.3 is 4.57 Å². The Balaban J connectivity index is 1.50. The molecule has 0 radical (unpaired) electrons. The van der Waals surface area contributed by atoms with E-state index < -0.39 is 17.8 Å². The second-order valence-electron chi connectivity index (χ2n) is 11.0. The molecule has 6 nitrogen and oxygen atoms in total. The van der Waals surface area contributed by atoms with Crippen molar-refractivity contribution < 1.29 is 14.4 Å². The minimum Gasteiger partial charge on any atom is -0.309 e. The zero-order valence-corrected chi connectivity index (χ0v) is 25.1. The second-order valence-corrected chi connectivity index (χ2v) is 11.0. The predicted octanol–water partition coefficient (Wildman–Crippen LogP) is 8.70. The largest absolute Gasteiger partial charge is 0.343 e. The lowest BCUT2D eigenvalue weighted by Crippen LogP contribution is -2.57. The van der Waals surface area contributed by atoms with E-state index in [-0.39, 0.29) is 5.57 Å². The third-order valence-corrected chi connectivity index (χ3v) is 8.02. The molecule has 7 rings (SSSR count). The molecule has 0 spiro atoms. The molecule has 6 heteroatoms. The van der Waals surface area contributed by atoms with Gasteiger partial charge in [-0.2, -0.15) is 0 Å². The Kier molecular flexibility index (Phi) is 7.45. The number of para-hydroxylation sites is 2. The summed E-state index contributed by atoms with van der Waals surface area (Å²) in [6.07, 6.45) is 1.63. The highest BCUT2D eigenvalue weighted by Gasteiger charge is 2.44. The summed E-state index contributed by atoms with van der Waals surface area (Å²) in [5.41, 5.74) is 6.79. The van der Waals surface area contributed by atoms with Crippen molar-refractivity contribution in [2.45, 2.75) is 6.92 Å². The first-order valence-electron chi connectivity index (χ1n) is 15.0. The van der Waals surface area contributed by atoms with Crippen molar-refractivity contribution in [2.75, 3.05) is 9.80 Å². The number of rotatable bonds is 6. The molecule has 222 valence electrons. The Morgan fingerprint density at radius 1 is 0.500 bits per heavy atom. The van der Waals surface area contributed by atoms with Crippen LogP contribution in [-0.2, 0) is 9.59 Å². The van der Waals surface area contributed by atoms with Crippen molar-refractivity contribution in [1.29, 1.82) is 0 Å². The van der Waals surface area contributed by atoms with Crippen LogP contribution in [0.4, 0.5) is 16.2 Å². The van der Waals surface area contributed by atoms with Gasteiger partial charge in [-0.15, -0.1) is 0 Å². The summed E-state index contributed by atoms with van der Waals surface area (Å²) in [5.74, 6) is -1.36. The predicted molar refractivity (Wildman–Crippen MR) is 183 cm³/mol. The van der Waals surface area contributed by atoms with E-state index in [1.165, 1.54) is 0 Å². The van der Waals surface area contributed by atoms with Crippen LogP contribution in [0.2, 0.25) is 0 Å². The smallest absolute Gasteiger partial charge is 0.309 e. The Morgan fingerprint density at radius 3 is 1.50 bits per heavy atom. The third kappa shape index (κ3) is 5.12. The Morgan fingerprint density at radius 2 is 0.957 bits per heavy atom. The molecular weight excluding hydrogens is 570 g/mol. The molecule has 46 heavy (non-hydrogen) atoms. The molecule has 1 aliphatic heterocycles. The lowest BCUT2D eigenvalue weighted by Gasteiger charge is -2.34. The molecule has 1 saturated heterocycles. The molecule has 1 fully saturated rings. The van der Waals surface area contributed by atoms with Gasteiger partial charge >= 0.3 is 6.03 Å². The summed E-state index contributed by atoms with van der Waals surface area (Å²) < 4.78 is 2.15. The van der Waals surface area contributed by atoms with Gasteiger partial charge in [0.1, 0.15) is 5.57 Å². The van der Waals surface area contributed by atoms with Gasteiger partial charge in [0.05, 0.1) is 22.8 Å². The molecular formula is C40H29N3O3. The summed E-state index contributed by atoms with van der Waals surface area (Å²) in [5, 5.41) is 0. The van der Waals surface area contributed by atoms with Crippen molar-refractivity contribution in [2.24, 2.45) is 0 Å². The molecule has 0 saturated carbocycles. The average molecular weight is 600 g/mol. The maximum absolute atomic E-state index is 14.3. The minimum atomic E-state index is -0.725. The van der Waals surface area contributed by atoms with Crippen molar-refractivity contribution in [3.8, 4) is 28.2 Å². The normalized spacial score (nSPS) is 14.3. The molecule has 0 bridgehead atoms. The number of aryl methyl sites for hydroxylation is 1. The van der Waals surface area contributed by atoms with Crippen LogP contribution in [0.25, 0.3) is 34.3 Å². The highest BCUT2D eigenvalue weighted by atomic mass is 16.2. The van der Waals surface area contributed by atoms with Gasteiger partial charge in [-0.1, -0.05) is 115 Å². The molecule has 0 atom stereocenters. The quantitative estimate of drug-likeness (QED) is 0.142. The summed E-state index contributed by atoms with van der Waals surface area (Å²) in [7, 11) is 0. The molecule has 5 aromatic carbocycles. The summed E-state index contributed by atoms with van der Waals surface area (Å²) in [6, 6.07) is 46.9. The number of nitrogens with zero attached hydrogens (tertiary/aromatic N) is 3. The Labute approximate surface area is 267 Å². The lowest BCUT2D eigenvalue weighted by atomic mass is 10.0. The van der Waals surface area contributed by atoms with Gasteiger partial charge in [-0.05, 0) is 66.6 Å². The van der Waals surface area contributed by atoms with Crippen molar-refractivity contribution >= 4 is 35.3 Å². The number of hydrogen-bond donors (Lipinski definition) is 0. The van der Waals surface area contributed by atoms with Crippen molar-refractivity contribution in [1.82, 2.24) is 4.57 Å². The first-order valence-corrected chi connectivity index (χ1v) is 15.0. The number of urea groups is 1. The number of carbonyl (C=O) groups excluding carboxylic acids is 3. The first kappa shape index (κ1) is 28.5. The van der Waals surface area contributed by atoms with Crippen LogP contribution in [-0.4, -0.2) is 22.4 Å². The van der Waals surface area contributed by atoms with Gasteiger partial charge in [0.25, 0.3) is 11.8 Å². The molecule has 4 amide bonds. The number of hydrogen-bond acceptors (Lipinski definition) is 3. The molecule has 1 aliphatic rings. The number of carbonyl (C=O) groups is 3. The van der Waals surface area contributed by atoms with Gasteiger partial charge in [0, 0.05) is 11.3 Å². The number of anilines is 2. The van der Waals surface area contributed by atoms with Crippen LogP contribution in [0.3, 0.4) is 0 Å². The zero-order valence-electron chi connectivity index (χ0n) is 25.1. The van der Waals surface area contributed by atoms with E-state index in [9.17, 15) is 14.4 Å². The minimum absolute atomic E-state index is 0.119. The molecule has 6 aromatic rings. The Bertz CT molecular complexity index is 2080. The Hall–Kier alpha value is -6.27. The zero-order chi connectivity index (χ0) is 31.6. The fourth-order valence-corrected chi connectivity index (χ4v) is 5.81. The fraction of sp³-hybridized carbons (Fsp3) is 0.0250. The van der Waals surface area contributed by atoms with Gasteiger partial charge in [0.15, 0.2) is 0 Å². The van der Waals surface area contributed by atoms with E-state index in [4.69, 9.17) is 0 Å². The first-order chi connectivity index (χ1) is 22.5. The average Bonchev–Trinajstić information content (AvgIpc) is 3.48. The molecule has 2 heterocycles. The number of barbiturate groups is 1. The molecule has 0 unspecified atom stereocenters. The van der Waals surface area contributed by atoms with E-state index in [2.05, 4.69) is 4.57 Å². The van der Waals surface area contributed by atoms with E-state index in [1.807, 2.05) is 122 Å². The number of imide groups is 2.